The minimum atomic E-state index is 0. The lowest BCUT2D eigenvalue weighted by Gasteiger charge is -2.27. The van der Waals surface area contributed by atoms with Crippen molar-refractivity contribution in [3.8, 4) is 11.5 Å². The van der Waals surface area contributed by atoms with Gasteiger partial charge in [-0.1, -0.05) is 6.07 Å². The zero-order valence-corrected chi connectivity index (χ0v) is 13.2. The molecule has 0 spiro atoms. The summed E-state index contributed by atoms with van der Waals surface area (Å²) in [4.78, 5) is 14.8. The number of amides is 1. The zero-order chi connectivity index (χ0) is 14.2. The number of nitrogens with zero attached hydrogens (tertiary/aromatic N) is 1. The molecule has 1 aromatic rings. The second-order valence-corrected chi connectivity index (χ2v) is 6.01. The average molecular weight is 325 g/mol. The highest BCUT2D eigenvalue weighted by Crippen LogP contribution is 2.34. The normalized spacial score (nSPS) is 26.1. The van der Waals surface area contributed by atoms with Crippen LogP contribution in [0.3, 0.4) is 0 Å². The number of halogens is 1. The van der Waals surface area contributed by atoms with Crippen LogP contribution in [0.5, 0.6) is 11.5 Å². The molecule has 3 aliphatic heterocycles. The van der Waals surface area contributed by atoms with Gasteiger partial charge in [0.15, 0.2) is 11.5 Å². The van der Waals surface area contributed by atoms with Crippen molar-refractivity contribution in [2.75, 3.05) is 26.3 Å². The molecular weight excluding hydrogens is 304 g/mol. The number of ether oxygens (including phenoxy) is 2. The molecule has 5 nitrogen and oxygen atoms in total. The van der Waals surface area contributed by atoms with Crippen molar-refractivity contribution in [2.24, 2.45) is 0 Å². The highest BCUT2D eigenvalue weighted by Gasteiger charge is 2.33. The second-order valence-electron chi connectivity index (χ2n) is 6.01. The first kappa shape index (κ1) is 15.4. The molecule has 2 fully saturated rings. The van der Waals surface area contributed by atoms with Gasteiger partial charge in [0.05, 0.1) is 5.56 Å². The number of hydrogen-bond acceptors (Lipinski definition) is 4. The summed E-state index contributed by atoms with van der Waals surface area (Å²) in [6.45, 7) is 2.66. The lowest BCUT2D eigenvalue weighted by Crippen LogP contribution is -2.39. The molecule has 2 saturated heterocycles. The molecule has 4 rings (SSSR count). The number of benzene rings is 1. The maximum absolute atomic E-state index is 12.9. The van der Waals surface area contributed by atoms with Crippen molar-refractivity contribution in [3.63, 3.8) is 0 Å². The Balaban J connectivity index is 0.00000144. The van der Waals surface area contributed by atoms with Crippen molar-refractivity contribution in [2.45, 2.75) is 31.3 Å². The summed E-state index contributed by atoms with van der Waals surface area (Å²) in [5.74, 6) is 1.35. The molecule has 0 aliphatic carbocycles. The van der Waals surface area contributed by atoms with E-state index in [1.807, 2.05) is 23.1 Å². The number of likely N-dealkylation sites (tertiary alicyclic amines) is 1. The summed E-state index contributed by atoms with van der Waals surface area (Å²) in [6, 6.07) is 6.59. The van der Waals surface area contributed by atoms with Gasteiger partial charge < -0.3 is 19.7 Å². The number of carbonyl (C=O) groups excluding carboxylic acids is 1. The molecule has 1 amide bonds. The first-order chi connectivity index (χ1) is 10.3. The van der Waals surface area contributed by atoms with Gasteiger partial charge in [-0.3, -0.25) is 4.79 Å². The summed E-state index contributed by atoms with van der Waals surface area (Å²) in [5, 5.41) is 3.60. The Morgan fingerprint density at radius 2 is 1.95 bits per heavy atom. The van der Waals surface area contributed by atoms with Gasteiger partial charge in [-0.05, 0) is 31.4 Å². The zero-order valence-electron chi connectivity index (χ0n) is 12.4. The maximum Gasteiger partial charge on any atom is 0.257 e. The fraction of sp³-hybridized carbons (Fsp3) is 0.562. The van der Waals surface area contributed by atoms with Gasteiger partial charge in [0, 0.05) is 25.2 Å². The van der Waals surface area contributed by atoms with E-state index in [-0.39, 0.29) is 18.3 Å². The SMILES string of the molecule is Cl.O=C(c1cccc2c1OCCO2)N1CCC2CCC(C1)N2. The predicted molar refractivity (Wildman–Crippen MR) is 85.1 cm³/mol. The summed E-state index contributed by atoms with van der Waals surface area (Å²) < 4.78 is 11.2. The largest absolute Gasteiger partial charge is 0.486 e. The first-order valence-corrected chi connectivity index (χ1v) is 7.75. The predicted octanol–water partition coefficient (Wildman–Crippen LogP) is 1.85. The molecule has 0 aromatic heterocycles. The molecule has 22 heavy (non-hydrogen) atoms. The Kier molecular flexibility index (Phi) is 4.45. The Morgan fingerprint density at radius 1 is 1.14 bits per heavy atom. The quantitative estimate of drug-likeness (QED) is 0.856. The van der Waals surface area contributed by atoms with Gasteiger partial charge in [-0.25, -0.2) is 0 Å². The van der Waals surface area contributed by atoms with Crippen LogP contribution < -0.4 is 14.8 Å². The molecular formula is C16H21ClN2O3. The number of nitrogens with one attached hydrogen (secondary N) is 1. The number of carbonyl (C=O) groups is 1. The highest BCUT2D eigenvalue weighted by atomic mass is 35.5. The first-order valence-electron chi connectivity index (χ1n) is 7.75. The van der Waals surface area contributed by atoms with Crippen molar-refractivity contribution < 1.29 is 14.3 Å². The van der Waals surface area contributed by atoms with Gasteiger partial charge >= 0.3 is 0 Å². The maximum atomic E-state index is 12.9. The van der Waals surface area contributed by atoms with E-state index in [9.17, 15) is 4.79 Å². The average Bonchev–Trinajstić information content (AvgIpc) is 2.85. The van der Waals surface area contributed by atoms with Crippen LogP contribution in [0, 0.1) is 0 Å². The van der Waals surface area contributed by atoms with E-state index in [1.165, 1.54) is 12.8 Å². The molecule has 2 unspecified atom stereocenters. The second kappa shape index (κ2) is 6.34. The molecule has 0 saturated carbocycles. The third-order valence-corrected chi connectivity index (χ3v) is 4.61. The van der Waals surface area contributed by atoms with Gasteiger partial charge in [0.1, 0.15) is 13.2 Å². The molecule has 6 heteroatoms. The molecule has 0 radical (unpaired) electrons. The minimum Gasteiger partial charge on any atom is -0.486 e. The Bertz CT molecular complexity index is 566. The van der Waals surface area contributed by atoms with Crippen molar-refractivity contribution in [3.05, 3.63) is 23.8 Å². The lowest BCUT2D eigenvalue weighted by atomic mass is 10.1. The summed E-state index contributed by atoms with van der Waals surface area (Å²) in [7, 11) is 0. The summed E-state index contributed by atoms with van der Waals surface area (Å²) in [5.41, 5.74) is 0.630. The minimum absolute atomic E-state index is 0. The fourth-order valence-corrected chi connectivity index (χ4v) is 3.54. The number of rotatable bonds is 1. The molecule has 120 valence electrons. The monoisotopic (exact) mass is 324 g/mol. The lowest BCUT2D eigenvalue weighted by molar-refractivity contribution is 0.0737. The van der Waals surface area contributed by atoms with Crippen LogP contribution in [-0.2, 0) is 0 Å². The number of hydrogen-bond donors (Lipinski definition) is 1. The molecule has 3 heterocycles. The van der Waals surface area contributed by atoms with Gasteiger partial charge in [-0.15, -0.1) is 12.4 Å². The topological polar surface area (TPSA) is 50.8 Å². The van der Waals surface area contributed by atoms with E-state index >= 15 is 0 Å². The van der Waals surface area contributed by atoms with Crippen LogP contribution in [0.4, 0.5) is 0 Å². The highest BCUT2D eigenvalue weighted by molar-refractivity contribution is 5.98. The Morgan fingerprint density at radius 3 is 2.86 bits per heavy atom. The van der Waals surface area contributed by atoms with E-state index in [4.69, 9.17) is 9.47 Å². The van der Waals surface area contributed by atoms with Crippen LogP contribution >= 0.6 is 12.4 Å². The van der Waals surface area contributed by atoms with Gasteiger partial charge in [0.25, 0.3) is 5.91 Å². The van der Waals surface area contributed by atoms with Crippen LogP contribution in [0.1, 0.15) is 29.6 Å². The van der Waals surface area contributed by atoms with Crippen molar-refractivity contribution in [1.29, 1.82) is 0 Å². The molecule has 1 aromatic carbocycles. The molecule has 2 atom stereocenters. The van der Waals surface area contributed by atoms with E-state index in [0.717, 1.165) is 19.5 Å². The molecule has 1 N–H and O–H groups in total. The third kappa shape index (κ3) is 2.75. The van der Waals surface area contributed by atoms with Crippen LogP contribution in [0.25, 0.3) is 0 Å². The van der Waals surface area contributed by atoms with Crippen molar-refractivity contribution >= 4 is 18.3 Å². The third-order valence-electron chi connectivity index (χ3n) is 4.61. The summed E-state index contributed by atoms with van der Waals surface area (Å²) >= 11 is 0. The molecule has 2 bridgehead atoms. The summed E-state index contributed by atoms with van der Waals surface area (Å²) in [6.07, 6.45) is 3.44. The van der Waals surface area contributed by atoms with Crippen molar-refractivity contribution in [1.82, 2.24) is 10.2 Å². The van der Waals surface area contributed by atoms with Crippen LogP contribution in [0.15, 0.2) is 18.2 Å². The van der Waals surface area contributed by atoms with E-state index in [1.54, 1.807) is 0 Å². The van der Waals surface area contributed by atoms with E-state index < -0.39 is 0 Å². The number of para-hydroxylation sites is 1. The standard InChI is InChI=1S/C16H20N2O3.ClH/c19-16(18-7-6-11-4-5-12(10-18)17-11)13-2-1-3-14-15(13)21-9-8-20-14;/h1-3,11-12,17H,4-10H2;1H. The Labute approximate surface area is 136 Å². The van der Waals surface area contributed by atoms with Gasteiger partial charge in [0.2, 0.25) is 0 Å². The van der Waals surface area contributed by atoms with E-state index in [2.05, 4.69) is 5.32 Å². The number of fused-ring (bicyclic) bond motifs is 3. The molecule has 3 aliphatic rings. The Hall–Kier alpha value is -1.46. The fourth-order valence-electron chi connectivity index (χ4n) is 3.54. The van der Waals surface area contributed by atoms with E-state index in [0.29, 0.717) is 42.4 Å². The van der Waals surface area contributed by atoms with Crippen LogP contribution in [0.2, 0.25) is 0 Å². The smallest absolute Gasteiger partial charge is 0.257 e. The van der Waals surface area contributed by atoms with Gasteiger partial charge in [-0.2, -0.15) is 0 Å². The van der Waals surface area contributed by atoms with Crippen LogP contribution in [-0.4, -0.2) is 49.2 Å².